The minimum Gasteiger partial charge on any atom is -0.497 e. The number of nitrogens with one attached hydrogen (secondary N) is 1. The van der Waals surface area contributed by atoms with Crippen LogP contribution in [0.5, 0.6) is 5.75 Å². The lowest BCUT2D eigenvalue weighted by Gasteiger charge is -2.28. The highest BCUT2D eigenvalue weighted by Gasteiger charge is 2.33. The van der Waals surface area contributed by atoms with Gasteiger partial charge in [0.05, 0.1) is 35.0 Å². The second kappa shape index (κ2) is 9.53. The number of hydrogen-bond acceptors (Lipinski definition) is 6. The molecular weight excluding hydrogens is 436 g/mol. The molecule has 0 radical (unpaired) electrons. The Balaban J connectivity index is 1.51. The molecule has 1 aliphatic heterocycles. The van der Waals surface area contributed by atoms with Crippen molar-refractivity contribution in [3.63, 3.8) is 0 Å². The number of piperidine rings is 1. The van der Waals surface area contributed by atoms with E-state index in [1.807, 2.05) is 30.3 Å². The zero-order chi connectivity index (χ0) is 22.0. The van der Waals surface area contributed by atoms with Crippen LogP contribution in [0.25, 0.3) is 10.9 Å². The lowest BCUT2D eigenvalue weighted by molar-refractivity contribution is -0.143. The Morgan fingerprint density at radius 1 is 1.39 bits per heavy atom. The van der Waals surface area contributed by atoms with Gasteiger partial charge in [-0.1, -0.05) is 11.6 Å². The monoisotopic (exact) mass is 460 g/mol. The Kier molecular flexibility index (Phi) is 6.77. The molecule has 0 aliphatic carbocycles. The number of aryl methyl sites for hydroxylation is 1. The number of aliphatic hydroxyl groups is 1. The number of carbonyl (C=O) groups is 1. The fourth-order valence-corrected chi connectivity index (χ4v) is 5.71. The van der Waals surface area contributed by atoms with Crippen molar-refractivity contribution in [1.82, 2.24) is 10.3 Å². The number of nitrogens with zero attached hydrogens (tertiary/aromatic N) is 1. The number of aliphatic carboxylic acids is 1. The van der Waals surface area contributed by atoms with E-state index in [0.717, 1.165) is 39.9 Å². The number of thiophene rings is 1. The Labute approximate surface area is 189 Å². The number of carboxylic acids is 1. The number of halogens is 1. The van der Waals surface area contributed by atoms with Gasteiger partial charge in [-0.15, -0.1) is 11.3 Å². The SMILES string of the molecule is COc1ccc2nccc([C@@H](O)CCc3cc(C4NCCCC4C(=O)O)sc3Cl)c2c1. The molecule has 3 aromatic rings. The highest BCUT2D eigenvalue weighted by Crippen LogP contribution is 2.39. The smallest absolute Gasteiger partial charge is 0.308 e. The summed E-state index contributed by atoms with van der Waals surface area (Å²) in [7, 11) is 1.61. The van der Waals surface area contributed by atoms with Gasteiger partial charge in [0.25, 0.3) is 0 Å². The summed E-state index contributed by atoms with van der Waals surface area (Å²) in [5.41, 5.74) is 2.54. The maximum Gasteiger partial charge on any atom is 0.308 e. The van der Waals surface area contributed by atoms with Gasteiger partial charge in [-0.2, -0.15) is 0 Å². The molecule has 1 aliphatic rings. The van der Waals surface area contributed by atoms with Crippen LogP contribution in [-0.4, -0.2) is 34.8 Å². The Hall–Kier alpha value is -2.19. The van der Waals surface area contributed by atoms with Crippen LogP contribution in [0, 0.1) is 5.92 Å². The number of methoxy groups -OCH3 is 1. The van der Waals surface area contributed by atoms with E-state index in [1.54, 1.807) is 13.3 Å². The number of aliphatic hydroxyl groups excluding tert-OH is 1. The van der Waals surface area contributed by atoms with Crippen molar-refractivity contribution in [3.8, 4) is 5.75 Å². The van der Waals surface area contributed by atoms with E-state index in [4.69, 9.17) is 16.3 Å². The first-order valence-corrected chi connectivity index (χ1v) is 11.5. The van der Waals surface area contributed by atoms with Gasteiger partial charge in [0.2, 0.25) is 0 Å². The summed E-state index contributed by atoms with van der Waals surface area (Å²) in [6.45, 7) is 0.802. The summed E-state index contributed by atoms with van der Waals surface area (Å²) in [4.78, 5) is 17.0. The number of pyridine rings is 1. The van der Waals surface area contributed by atoms with Gasteiger partial charge in [-0.25, -0.2) is 0 Å². The molecule has 31 heavy (non-hydrogen) atoms. The largest absolute Gasteiger partial charge is 0.497 e. The average molecular weight is 461 g/mol. The third kappa shape index (κ3) is 4.70. The number of fused-ring (bicyclic) bond motifs is 1. The van der Waals surface area contributed by atoms with Crippen LogP contribution in [0.15, 0.2) is 36.5 Å². The molecule has 2 aromatic heterocycles. The molecule has 3 N–H and O–H groups in total. The molecule has 2 unspecified atom stereocenters. The summed E-state index contributed by atoms with van der Waals surface area (Å²) in [5, 5.41) is 24.7. The van der Waals surface area contributed by atoms with Gasteiger partial charge in [0.1, 0.15) is 5.75 Å². The lowest BCUT2D eigenvalue weighted by atomic mass is 9.89. The molecule has 0 spiro atoms. The van der Waals surface area contributed by atoms with Crippen LogP contribution < -0.4 is 10.1 Å². The zero-order valence-electron chi connectivity index (χ0n) is 17.2. The molecule has 0 amide bonds. The third-order valence-electron chi connectivity index (χ3n) is 5.89. The molecule has 6 nitrogen and oxygen atoms in total. The van der Waals surface area contributed by atoms with Crippen LogP contribution in [-0.2, 0) is 11.2 Å². The van der Waals surface area contributed by atoms with Gasteiger partial charge >= 0.3 is 5.97 Å². The quantitative estimate of drug-likeness (QED) is 0.471. The van der Waals surface area contributed by atoms with E-state index < -0.39 is 18.0 Å². The summed E-state index contributed by atoms with van der Waals surface area (Å²) < 4.78 is 5.97. The number of ether oxygens (including phenoxy) is 1. The molecule has 1 aromatic carbocycles. The van der Waals surface area contributed by atoms with Crippen molar-refractivity contribution in [3.05, 3.63) is 56.9 Å². The minimum absolute atomic E-state index is 0.218. The fraction of sp³-hybridized carbons (Fsp3) is 0.391. The van der Waals surface area contributed by atoms with Crippen molar-refractivity contribution in [2.24, 2.45) is 5.92 Å². The predicted octanol–water partition coefficient (Wildman–Crippen LogP) is 4.75. The standard InChI is InChI=1S/C23H25ClN2O4S/c1-30-14-5-6-18-17(12-14)15(8-10-25-18)19(27)7-4-13-11-20(31-22(13)24)21-16(23(28)29)3-2-9-26-21/h5-6,8,10-12,16,19,21,26-27H,2-4,7,9H2,1H3,(H,28,29)/t16?,19-,21?/m0/s1. The molecule has 4 rings (SSSR count). The maximum atomic E-state index is 11.6. The van der Waals surface area contributed by atoms with Crippen molar-refractivity contribution < 1.29 is 19.7 Å². The first-order chi connectivity index (χ1) is 15.0. The molecule has 8 heteroatoms. The second-order valence-corrected chi connectivity index (χ2v) is 9.49. The average Bonchev–Trinajstić information content (AvgIpc) is 3.16. The minimum atomic E-state index is -0.779. The summed E-state index contributed by atoms with van der Waals surface area (Å²) in [6.07, 6.45) is 3.62. The fourth-order valence-electron chi connectivity index (χ4n) is 4.22. The van der Waals surface area contributed by atoms with E-state index in [9.17, 15) is 15.0 Å². The number of aromatic nitrogens is 1. The summed E-state index contributed by atoms with van der Waals surface area (Å²) in [5.74, 6) is -0.508. The second-order valence-electron chi connectivity index (χ2n) is 7.80. The zero-order valence-corrected chi connectivity index (χ0v) is 18.7. The van der Waals surface area contributed by atoms with Crippen LogP contribution in [0.3, 0.4) is 0 Å². The molecule has 3 heterocycles. The number of rotatable bonds is 7. The van der Waals surface area contributed by atoms with Crippen molar-refractivity contribution >= 4 is 39.8 Å². The predicted molar refractivity (Wildman–Crippen MR) is 122 cm³/mol. The third-order valence-corrected chi connectivity index (χ3v) is 7.41. The van der Waals surface area contributed by atoms with Gasteiger partial charge in [-0.05, 0) is 73.7 Å². The molecule has 1 fully saturated rings. The van der Waals surface area contributed by atoms with Crippen LogP contribution in [0.4, 0.5) is 0 Å². The Morgan fingerprint density at radius 3 is 3.00 bits per heavy atom. The van der Waals surface area contributed by atoms with Gasteiger partial charge in [-0.3, -0.25) is 9.78 Å². The molecule has 164 valence electrons. The van der Waals surface area contributed by atoms with Crippen LogP contribution in [0.2, 0.25) is 4.34 Å². The summed E-state index contributed by atoms with van der Waals surface area (Å²) >= 11 is 7.92. The van der Waals surface area contributed by atoms with E-state index in [0.29, 0.717) is 29.3 Å². The Morgan fingerprint density at radius 2 is 2.23 bits per heavy atom. The topological polar surface area (TPSA) is 91.7 Å². The van der Waals surface area contributed by atoms with Gasteiger partial charge < -0.3 is 20.3 Å². The van der Waals surface area contributed by atoms with Gasteiger partial charge in [0.15, 0.2) is 0 Å². The van der Waals surface area contributed by atoms with Crippen molar-refractivity contribution in [1.29, 1.82) is 0 Å². The molecule has 3 atom stereocenters. The van der Waals surface area contributed by atoms with Gasteiger partial charge in [0, 0.05) is 16.5 Å². The van der Waals surface area contributed by atoms with E-state index >= 15 is 0 Å². The normalized spacial score (nSPS) is 20.0. The first kappa shape index (κ1) is 22.0. The van der Waals surface area contributed by atoms with E-state index in [1.165, 1.54) is 11.3 Å². The maximum absolute atomic E-state index is 11.6. The van der Waals surface area contributed by atoms with E-state index in [2.05, 4.69) is 10.3 Å². The molecule has 1 saturated heterocycles. The first-order valence-electron chi connectivity index (χ1n) is 10.3. The number of hydrogen-bond donors (Lipinski definition) is 3. The van der Waals surface area contributed by atoms with Crippen LogP contribution >= 0.6 is 22.9 Å². The van der Waals surface area contributed by atoms with Crippen molar-refractivity contribution in [2.75, 3.05) is 13.7 Å². The van der Waals surface area contributed by atoms with Crippen LogP contribution in [0.1, 0.15) is 47.4 Å². The molecule has 0 bridgehead atoms. The molecular formula is C23H25ClN2O4S. The highest BCUT2D eigenvalue weighted by atomic mass is 35.5. The summed E-state index contributed by atoms with van der Waals surface area (Å²) in [6, 6.07) is 9.22. The lowest BCUT2D eigenvalue weighted by Crippen LogP contribution is -2.37. The van der Waals surface area contributed by atoms with E-state index in [-0.39, 0.29) is 6.04 Å². The number of benzene rings is 1. The Bertz CT molecular complexity index is 1090. The number of carboxylic acid groups (broad SMARTS) is 1. The highest BCUT2D eigenvalue weighted by molar-refractivity contribution is 7.16. The van der Waals surface area contributed by atoms with Crippen molar-refractivity contribution in [2.45, 2.75) is 37.8 Å². The molecule has 0 saturated carbocycles.